The lowest BCUT2D eigenvalue weighted by Gasteiger charge is -2.31. The van der Waals surface area contributed by atoms with Crippen LogP contribution in [0.5, 0.6) is 17.4 Å². The number of carbonyl (C=O) groups is 1. The molecule has 6 rings (SSSR count). The minimum Gasteiger partial charge on any atom is -0.487 e. The van der Waals surface area contributed by atoms with Crippen molar-refractivity contribution in [3.63, 3.8) is 0 Å². The number of nitrogens with two attached hydrogens (primary N) is 1. The van der Waals surface area contributed by atoms with Crippen LogP contribution in [-0.2, 0) is 10.0 Å². The molecule has 0 atom stereocenters. The zero-order valence-electron chi connectivity index (χ0n) is 25.7. The van der Waals surface area contributed by atoms with Crippen molar-refractivity contribution in [3.05, 3.63) is 88.9 Å². The lowest BCUT2D eigenvalue weighted by Crippen LogP contribution is -2.37. The number of ether oxygens (including phenoxy) is 2. The number of aromatic nitrogens is 4. The number of aryl methyl sites for hydroxylation is 1. The second-order valence-corrected chi connectivity index (χ2v) is 13.4. The molecule has 1 saturated heterocycles. The summed E-state index contributed by atoms with van der Waals surface area (Å²) in [5.41, 5.74) is 8.69. The first kappa shape index (κ1) is 33.0. The zero-order valence-corrected chi connectivity index (χ0v) is 26.5. The van der Waals surface area contributed by atoms with E-state index in [1.165, 1.54) is 33.5 Å². The number of pyridine rings is 1. The lowest BCUT2D eigenvalue weighted by molar-refractivity contribution is 0.0811. The van der Waals surface area contributed by atoms with Crippen molar-refractivity contribution >= 4 is 32.5 Å². The number of anilines is 1. The third-order valence-corrected chi connectivity index (χ3v) is 9.49. The maximum absolute atomic E-state index is 14.0. The third-order valence-electron chi connectivity index (χ3n) is 8.19. The highest BCUT2D eigenvalue weighted by molar-refractivity contribution is 7.88. The van der Waals surface area contributed by atoms with E-state index < -0.39 is 46.2 Å². The molecule has 0 radical (unpaired) electrons. The predicted molar refractivity (Wildman–Crippen MR) is 169 cm³/mol. The van der Waals surface area contributed by atoms with Crippen molar-refractivity contribution in [2.75, 3.05) is 31.7 Å². The van der Waals surface area contributed by atoms with Crippen LogP contribution in [0.25, 0.3) is 16.6 Å². The van der Waals surface area contributed by atoms with E-state index in [1.54, 1.807) is 25.1 Å². The van der Waals surface area contributed by atoms with Gasteiger partial charge in [0.25, 0.3) is 6.43 Å². The van der Waals surface area contributed by atoms with Gasteiger partial charge in [0, 0.05) is 30.1 Å². The van der Waals surface area contributed by atoms with Crippen molar-refractivity contribution < 1.29 is 40.2 Å². The van der Waals surface area contributed by atoms with Crippen molar-refractivity contribution in [1.29, 1.82) is 0 Å². The van der Waals surface area contributed by atoms with E-state index in [1.807, 2.05) is 0 Å². The number of piperidine rings is 1. The molecule has 0 amide bonds. The average molecular weight is 687 g/mol. The molecule has 11 nitrogen and oxygen atoms in total. The number of rotatable bonds is 10. The highest BCUT2D eigenvalue weighted by Crippen LogP contribution is 2.38. The molecule has 1 aliphatic heterocycles. The first-order valence-corrected chi connectivity index (χ1v) is 16.6. The molecule has 2 aromatic carbocycles. The molecule has 4 heterocycles. The van der Waals surface area contributed by atoms with E-state index >= 15 is 0 Å². The van der Waals surface area contributed by atoms with Gasteiger partial charge in [-0.05, 0) is 67.1 Å². The second-order valence-electron chi connectivity index (χ2n) is 11.4. The molecule has 0 bridgehead atoms. The fourth-order valence-corrected chi connectivity index (χ4v) is 6.62. The molecule has 1 aliphatic rings. The highest BCUT2D eigenvalue weighted by Gasteiger charge is 2.29. The van der Waals surface area contributed by atoms with Gasteiger partial charge in [-0.2, -0.15) is 5.10 Å². The number of carbonyl (C=O) groups excluding carboxylic acids is 1. The molecule has 0 saturated carbocycles. The molecular weight excluding hydrogens is 656 g/mol. The fraction of sp³-hybridized carbons (Fsp3) is 0.281. The molecule has 48 heavy (non-hydrogen) atoms. The summed E-state index contributed by atoms with van der Waals surface area (Å²) in [5.74, 6) is -2.87. The molecule has 16 heteroatoms. The number of alkyl halides is 2. The summed E-state index contributed by atoms with van der Waals surface area (Å²) in [5, 5.41) is 4.80. The average Bonchev–Trinajstić information content (AvgIpc) is 3.63. The van der Waals surface area contributed by atoms with E-state index in [-0.39, 0.29) is 47.7 Å². The topological polar surface area (TPSA) is 145 Å². The lowest BCUT2D eigenvalue weighted by atomic mass is 9.89. The summed E-state index contributed by atoms with van der Waals surface area (Å²) in [6.07, 6.45) is 2.00. The monoisotopic (exact) mass is 686 g/mol. The second kappa shape index (κ2) is 12.9. The van der Waals surface area contributed by atoms with Crippen LogP contribution in [0.1, 0.15) is 45.9 Å². The Hall–Kier alpha value is -4.96. The number of fused-ring (bicyclic) bond motifs is 1. The minimum atomic E-state index is -3.36. The summed E-state index contributed by atoms with van der Waals surface area (Å²) in [7, 11) is -3.36. The minimum absolute atomic E-state index is 0.00310. The number of para-hydroxylation sites is 1. The van der Waals surface area contributed by atoms with E-state index in [9.17, 15) is 30.8 Å². The van der Waals surface area contributed by atoms with E-state index in [0.29, 0.717) is 40.6 Å². The first-order chi connectivity index (χ1) is 22.8. The van der Waals surface area contributed by atoms with Gasteiger partial charge in [-0.1, -0.05) is 6.07 Å². The zero-order chi connectivity index (χ0) is 34.3. The van der Waals surface area contributed by atoms with Crippen LogP contribution in [0, 0.1) is 18.6 Å². The molecule has 0 aliphatic carbocycles. The highest BCUT2D eigenvalue weighted by atomic mass is 32.2. The number of nitrogens with one attached hydrogen (secondary N) is 1. The molecular formula is C32H30F4N6O5S. The fourth-order valence-electron chi connectivity index (χ4n) is 5.75. The number of ketones is 1. The van der Waals surface area contributed by atoms with Crippen LogP contribution in [0.15, 0.2) is 54.9 Å². The number of nitrogens with zero attached hydrogens (tertiary/aromatic N) is 4. The molecule has 0 spiro atoms. The number of hydrogen-bond acceptors (Lipinski definition) is 8. The Morgan fingerprint density at radius 2 is 1.81 bits per heavy atom. The maximum Gasteiger partial charge on any atom is 0.272 e. The molecule has 3 aromatic heterocycles. The SMILES string of the molecule is Cc1cc(Oc2c(F)cccc2F)ncc1-n1ncc(C(=O)c2cc3cc(OCC(F)F)c(C4CCN(S(C)(=O)=O)CC4)cc3[nH]2)c1N. The Balaban J connectivity index is 1.27. The normalized spacial score (nSPS) is 14.6. The number of hydrogen-bond donors (Lipinski definition) is 2. The van der Waals surface area contributed by atoms with E-state index in [4.69, 9.17) is 15.2 Å². The van der Waals surface area contributed by atoms with Gasteiger partial charge in [0.05, 0.1) is 35.6 Å². The van der Waals surface area contributed by atoms with Gasteiger partial charge in [0.1, 0.15) is 18.2 Å². The summed E-state index contributed by atoms with van der Waals surface area (Å²) in [6.45, 7) is 1.41. The smallest absolute Gasteiger partial charge is 0.272 e. The molecule has 252 valence electrons. The van der Waals surface area contributed by atoms with Crippen LogP contribution in [0.2, 0.25) is 0 Å². The summed E-state index contributed by atoms with van der Waals surface area (Å²) < 4.78 is 91.7. The van der Waals surface area contributed by atoms with Gasteiger partial charge in [0.15, 0.2) is 11.6 Å². The van der Waals surface area contributed by atoms with Crippen LogP contribution in [0.3, 0.4) is 0 Å². The van der Waals surface area contributed by atoms with Gasteiger partial charge >= 0.3 is 0 Å². The Morgan fingerprint density at radius 1 is 1.10 bits per heavy atom. The summed E-state index contributed by atoms with van der Waals surface area (Å²) in [4.78, 5) is 20.8. The number of aromatic amines is 1. The number of sulfonamides is 1. The van der Waals surface area contributed by atoms with Crippen LogP contribution >= 0.6 is 0 Å². The Kier molecular flexibility index (Phi) is 8.87. The molecule has 3 N–H and O–H groups in total. The van der Waals surface area contributed by atoms with Crippen molar-refractivity contribution in [2.24, 2.45) is 0 Å². The molecule has 1 fully saturated rings. The van der Waals surface area contributed by atoms with Gasteiger partial charge < -0.3 is 20.2 Å². The number of nitrogen functional groups attached to an aromatic ring is 1. The van der Waals surface area contributed by atoms with Crippen LogP contribution < -0.4 is 15.2 Å². The van der Waals surface area contributed by atoms with Crippen molar-refractivity contribution in [2.45, 2.75) is 32.1 Å². The molecule has 0 unspecified atom stereocenters. The Bertz CT molecular complexity index is 2110. The van der Waals surface area contributed by atoms with E-state index in [0.717, 1.165) is 18.4 Å². The third kappa shape index (κ3) is 6.57. The number of benzene rings is 2. The Labute approximate surface area is 272 Å². The predicted octanol–water partition coefficient (Wildman–Crippen LogP) is 5.72. The molecule has 5 aromatic rings. The van der Waals surface area contributed by atoms with E-state index in [2.05, 4.69) is 15.1 Å². The Morgan fingerprint density at radius 3 is 2.46 bits per heavy atom. The van der Waals surface area contributed by atoms with Gasteiger partial charge in [-0.3, -0.25) is 4.79 Å². The van der Waals surface area contributed by atoms with Gasteiger partial charge in [0.2, 0.25) is 27.4 Å². The van der Waals surface area contributed by atoms with Crippen molar-refractivity contribution in [1.82, 2.24) is 24.1 Å². The first-order valence-electron chi connectivity index (χ1n) is 14.8. The standard InChI is InChI=1S/C32H30F4N6O5S/c1-17-10-29(47-31-22(33)4-3-5-23(31)34)38-15-26(17)42-32(37)21(14-39-42)30(43)25-11-19-12-27(46-16-28(35)36)20(13-24(19)40-25)18-6-8-41(9-7-18)48(2,44)45/h3-5,10-15,18,28,40H,6-9,16,37H2,1-2H3. The van der Waals surface area contributed by atoms with Gasteiger partial charge in [-0.15, -0.1) is 0 Å². The quantitative estimate of drug-likeness (QED) is 0.140. The number of H-pyrrole nitrogens is 1. The summed E-state index contributed by atoms with van der Waals surface area (Å²) in [6, 6.07) is 9.65. The van der Waals surface area contributed by atoms with Crippen LogP contribution in [-0.4, -0.2) is 70.6 Å². The van der Waals surface area contributed by atoms with Gasteiger partial charge in [-0.25, -0.2) is 40.0 Å². The van der Waals surface area contributed by atoms with Crippen molar-refractivity contribution in [3.8, 4) is 23.1 Å². The maximum atomic E-state index is 14.0. The number of halogens is 4. The summed E-state index contributed by atoms with van der Waals surface area (Å²) >= 11 is 0. The largest absolute Gasteiger partial charge is 0.487 e. The van der Waals surface area contributed by atoms with Crippen LogP contribution in [0.4, 0.5) is 23.4 Å².